The van der Waals surface area contributed by atoms with E-state index in [-0.39, 0.29) is 11.3 Å². The summed E-state index contributed by atoms with van der Waals surface area (Å²) in [6.45, 7) is 13.2. The van der Waals surface area contributed by atoms with E-state index in [1.807, 2.05) is 31.2 Å². The highest BCUT2D eigenvalue weighted by molar-refractivity contribution is 6.46. The van der Waals surface area contributed by atoms with Gasteiger partial charge in [-0.15, -0.1) is 0 Å². The average Bonchev–Trinajstić information content (AvgIpc) is 3.13. The quantitative estimate of drug-likeness (QED) is 0.211. The molecule has 1 heterocycles. The maximum absolute atomic E-state index is 13.2. The molecule has 186 valence electrons. The van der Waals surface area contributed by atoms with Gasteiger partial charge in [0, 0.05) is 18.7 Å². The number of ketones is 1. The second kappa shape index (κ2) is 12.2. The van der Waals surface area contributed by atoms with Crippen LogP contribution in [0.4, 0.5) is 0 Å². The first kappa shape index (κ1) is 26.0. The van der Waals surface area contributed by atoms with Crippen LogP contribution >= 0.6 is 0 Å². The number of carbonyl (C=O) groups is 2. The van der Waals surface area contributed by atoms with Crippen molar-refractivity contribution in [2.75, 3.05) is 39.4 Å². The largest absolute Gasteiger partial charge is 0.507 e. The van der Waals surface area contributed by atoms with Crippen molar-refractivity contribution >= 4 is 17.4 Å². The first-order valence-electron chi connectivity index (χ1n) is 12.0. The van der Waals surface area contributed by atoms with E-state index in [0.29, 0.717) is 43.4 Å². The Hall–Kier alpha value is -3.58. The molecule has 0 unspecified atom stereocenters. The predicted molar refractivity (Wildman–Crippen MR) is 137 cm³/mol. The third-order valence-electron chi connectivity index (χ3n) is 6.09. The Balaban J connectivity index is 2.03. The van der Waals surface area contributed by atoms with Gasteiger partial charge in [-0.05, 0) is 62.0 Å². The number of hydrogen-bond acceptors (Lipinski definition) is 6. The highest BCUT2D eigenvalue weighted by Gasteiger charge is 2.45. The monoisotopic (exact) mass is 478 g/mol. The molecule has 1 N–H and O–H groups in total. The molecule has 1 aliphatic rings. The van der Waals surface area contributed by atoms with Crippen molar-refractivity contribution in [3.05, 3.63) is 77.9 Å². The molecule has 0 radical (unpaired) electrons. The van der Waals surface area contributed by atoms with Crippen molar-refractivity contribution in [1.82, 2.24) is 9.80 Å². The Labute approximate surface area is 207 Å². The van der Waals surface area contributed by atoms with E-state index >= 15 is 0 Å². The average molecular weight is 479 g/mol. The molecule has 0 bridgehead atoms. The van der Waals surface area contributed by atoms with Crippen LogP contribution < -0.4 is 9.47 Å². The first-order valence-corrected chi connectivity index (χ1v) is 12.0. The van der Waals surface area contributed by atoms with Crippen LogP contribution in [0.1, 0.15) is 37.9 Å². The highest BCUT2D eigenvalue weighted by Crippen LogP contribution is 2.39. The predicted octanol–water partition coefficient (Wildman–Crippen LogP) is 4.41. The van der Waals surface area contributed by atoms with Gasteiger partial charge >= 0.3 is 0 Å². The minimum atomic E-state index is -0.696. The lowest BCUT2D eigenvalue weighted by Crippen LogP contribution is -2.38. The fourth-order valence-electron chi connectivity index (χ4n) is 4.18. The molecule has 0 aromatic heterocycles. The van der Waals surface area contributed by atoms with Gasteiger partial charge in [-0.3, -0.25) is 9.59 Å². The second-order valence-electron chi connectivity index (χ2n) is 8.15. The normalized spacial score (nSPS) is 17.1. The lowest BCUT2D eigenvalue weighted by atomic mass is 9.95. The third-order valence-corrected chi connectivity index (χ3v) is 6.09. The Morgan fingerprint density at radius 1 is 1.00 bits per heavy atom. The Bertz CT molecular complexity index is 1060. The molecule has 1 atom stereocenters. The van der Waals surface area contributed by atoms with E-state index in [0.717, 1.165) is 18.7 Å². The summed E-state index contributed by atoms with van der Waals surface area (Å²) >= 11 is 0. The summed E-state index contributed by atoms with van der Waals surface area (Å²) in [5.41, 5.74) is 1.26. The van der Waals surface area contributed by atoms with Crippen LogP contribution in [0.2, 0.25) is 0 Å². The number of rotatable bonds is 12. The van der Waals surface area contributed by atoms with E-state index in [1.54, 1.807) is 35.2 Å². The van der Waals surface area contributed by atoms with Crippen LogP contribution in [0.25, 0.3) is 5.76 Å². The Morgan fingerprint density at radius 3 is 2.17 bits per heavy atom. The molecule has 2 aromatic rings. The van der Waals surface area contributed by atoms with Crippen LogP contribution in [0, 0.1) is 0 Å². The number of likely N-dealkylation sites (tertiary alicyclic amines) is 1. The minimum absolute atomic E-state index is 0.0819. The lowest BCUT2D eigenvalue weighted by molar-refractivity contribution is -0.140. The number of likely N-dealkylation sites (N-methyl/N-ethyl adjacent to an activating group) is 1. The van der Waals surface area contributed by atoms with Gasteiger partial charge in [0.05, 0.1) is 18.2 Å². The van der Waals surface area contributed by atoms with Crippen LogP contribution in [-0.2, 0) is 9.59 Å². The van der Waals surface area contributed by atoms with Gasteiger partial charge in [0.2, 0.25) is 0 Å². The van der Waals surface area contributed by atoms with Gasteiger partial charge in [0.15, 0.2) is 0 Å². The minimum Gasteiger partial charge on any atom is -0.507 e. The molecule has 7 nitrogen and oxygen atoms in total. The van der Waals surface area contributed by atoms with Gasteiger partial charge in [0.1, 0.15) is 23.9 Å². The van der Waals surface area contributed by atoms with Crippen molar-refractivity contribution in [1.29, 1.82) is 0 Å². The van der Waals surface area contributed by atoms with E-state index in [2.05, 4.69) is 25.3 Å². The summed E-state index contributed by atoms with van der Waals surface area (Å²) in [5.74, 6) is -0.185. The van der Waals surface area contributed by atoms with Crippen molar-refractivity contribution in [3.63, 3.8) is 0 Å². The van der Waals surface area contributed by atoms with Gasteiger partial charge in [-0.25, -0.2) is 0 Å². The Kier molecular flexibility index (Phi) is 9.09. The number of ether oxygens (including phenoxy) is 2. The van der Waals surface area contributed by atoms with E-state index in [1.165, 1.54) is 0 Å². The number of Topliss-reactive ketones (excluding diaryl/α,β-unsaturated/α-hetero) is 1. The molecule has 2 aromatic carbocycles. The second-order valence-corrected chi connectivity index (χ2v) is 8.15. The third kappa shape index (κ3) is 5.92. The summed E-state index contributed by atoms with van der Waals surface area (Å²) in [5, 5.41) is 11.2. The maximum atomic E-state index is 13.2. The molecule has 0 aliphatic carbocycles. The zero-order valence-corrected chi connectivity index (χ0v) is 20.7. The zero-order valence-electron chi connectivity index (χ0n) is 20.7. The smallest absolute Gasteiger partial charge is 0.295 e. The van der Waals surface area contributed by atoms with Crippen LogP contribution in [-0.4, -0.2) is 66.0 Å². The summed E-state index contributed by atoms with van der Waals surface area (Å²) in [7, 11) is 0. The highest BCUT2D eigenvalue weighted by atomic mass is 16.5. The molecule has 7 heteroatoms. The first-order chi connectivity index (χ1) is 16.9. The van der Waals surface area contributed by atoms with E-state index in [9.17, 15) is 14.7 Å². The fraction of sp³-hybridized carbons (Fsp3) is 0.357. The van der Waals surface area contributed by atoms with E-state index < -0.39 is 17.7 Å². The summed E-state index contributed by atoms with van der Waals surface area (Å²) in [6.07, 6.45) is 1.64. The van der Waals surface area contributed by atoms with Gasteiger partial charge in [0.25, 0.3) is 11.7 Å². The van der Waals surface area contributed by atoms with Gasteiger partial charge < -0.3 is 24.4 Å². The SMILES string of the molecule is C=CCOc1ccc(C(O)=C2C(=O)C(=O)N(CCN(CC)CC)[C@H]2c2ccc(OCC)cc2)cc1. The zero-order chi connectivity index (χ0) is 25.4. The number of nitrogens with zero attached hydrogens (tertiary/aromatic N) is 2. The molecule has 1 aliphatic heterocycles. The standard InChI is InChI=1S/C28H34N2O5/c1-5-19-35-23-15-11-21(12-16-23)26(31)24-25(20-9-13-22(14-10-20)34-8-4)30(28(33)27(24)32)18-17-29(6-2)7-3/h5,9-16,25,31H,1,6-8,17-19H2,2-4H3/t25-/m0/s1. The van der Waals surface area contributed by atoms with E-state index in [4.69, 9.17) is 9.47 Å². The number of amides is 1. The topological polar surface area (TPSA) is 79.3 Å². The molecule has 1 saturated heterocycles. The molecular weight excluding hydrogens is 444 g/mol. The molecule has 1 fully saturated rings. The van der Waals surface area contributed by atoms with Crippen molar-refractivity contribution in [3.8, 4) is 11.5 Å². The van der Waals surface area contributed by atoms with Crippen molar-refractivity contribution in [2.45, 2.75) is 26.8 Å². The van der Waals surface area contributed by atoms with Gasteiger partial charge in [-0.2, -0.15) is 0 Å². The number of hydrogen-bond donors (Lipinski definition) is 1. The van der Waals surface area contributed by atoms with Gasteiger partial charge in [-0.1, -0.05) is 38.6 Å². The fourth-order valence-corrected chi connectivity index (χ4v) is 4.18. The molecular formula is C28H34N2O5. The summed E-state index contributed by atoms with van der Waals surface area (Å²) < 4.78 is 11.1. The molecule has 3 rings (SSSR count). The Morgan fingerprint density at radius 2 is 1.60 bits per heavy atom. The number of aliphatic hydroxyl groups excluding tert-OH is 1. The summed E-state index contributed by atoms with van der Waals surface area (Å²) in [6, 6.07) is 13.4. The number of carbonyl (C=O) groups excluding carboxylic acids is 2. The summed E-state index contributed by atoms with van der Waals surface area (Å²) in [4.78, 5) is 30.1. The molecule has 0 spiro atoms. The number of benzene rings is 2. The lowest BCUT2D eigenvalue weighted by Gasteiger charge is -2.28. The van der Waals surface area contributed by atoms with Crippen LogP contribution in [0.5, 0.6) is 11.5 Å². The molecule has 35 heavy (non-hydrogen) atoms. The van der Waals surface area contributed by atoms with Crippen LogP contribution in [0.3, 0.4) is 0 Å². The molecule has 0 saturated carbocycles. The molecule has 1 amide bonds. The van der Waals surface area contributed by atoms with Crippen molar-refractivity contribution < 1.29 is 24.2 Å². The van der Waals surface area contributed by atoms with Crippen LogP contribution in [0.15, 0.2) is 66.8 Å². The number of aliphatic hydroxyl groups is 1. The van der Waals surface area contributed by atoms with Crippen molar-refractivity contribution in [2.24, 2.45) is 0 Å². The maximum Gasteiger partial charge on any atom is 0.295 e.